The zero-order chi connectivity index (χ0) is 15.1. The Labute approximate surface area is 131 Å². The molecule has 0 amide bonds. The van der Waals surface area contributed by atoms with Crippen molar-refractivity contribution >= 4 is 33.7 Å². The lowest BCUT2D eigenvalue weighted by Gasteiger charge is -2.03. The maximum Gasteiger partial charge on any atom is 0.191 e. The second-order valence-electron chi connectivity index (χ2n) is 4.84. The minimum absolute atomic E-state index is 0.312. The maximum absolute atomic E-state index is 6.27. The summed E-state index contributed by atoms with van der Waals surface area (Å²) in [6, 6.07) is 15.2. The highest BCUT2D eigenvalue weighted by Gasteiger charge is 2.15. The summed E-state index contributed by atoms with van der Waals surface area (Å²) in [4.78, 5) is 8.96. The Morgan fingerprint density at radius 2 is 1.77 bits per heavy atom. The van der Waals surface area contributed by atoms with Gasteiger partial charge in [0.2, 0.25) is 0 Å². The van der Waals surface area contributed by atoms with Crippen molar-refractivity contribution in [2.75, 3.05) is 7.11 Å². The predicted molar refractivity (Wildman–Crippen MR) is 86.3 cm³/mol. The number of fused-ring (bicyclic) bond motifs is 3. The Kier molecular flexibility index (Phi) is 2.98. The largest absolute Gasteiger partial charge is 0.497 e. The van der Waals surface area contributed by atoms with Crippen LogP contribution in [0.3, 0.4) is 0 Å². The van der Waals surface area contributed by atoms with Crippen LogP contribution in [0.25, 0.3) is 33.5 Å². The van der Waals surface area contributed by atoms with E-state index in [0.717, 1.165) is 27.8 Å². The van der Waals surface area contributed by atoms with Crippen LogP contribution in [0, 0.1) is 0 Å². The van der Waals surface area contributed by atoms with Gasteiger partial charge in [0, 0.05) is 10.9 Å². The van der Waals surface area contributed by atoms with Gasteiger partial charge in [-0.05, 0) is 36.4 Å². The van der Waals surface area contributed by atoms with Crippen LogP contribution in [0.15, 0.2) is 52.9 Å². The molecule has 0 aliphatic carbocycles. The van der Waals surface area contributed by atoms with Gasteiger partial charge in [-0.15, -0.1) is 0 Å². The molecule has 0 bridgehead atoms. The maximum atomic E-state index is 6.27. The van der Waals surface area contributed by atoms with Crippen molar-refractivity contribution in [3.8, 4) is 17.1 Å². The first-order chi connectivity index (χ1) is 10.8. The number of hydrogen-bond acceptors (Lipinski definition) is 4. The van der Waals surface area contributed by atoms with Gasteiger partial charge < -0.3 is 9.15 Å². The van der Waals surface area contributed by atoms with Crippen molar-refractivity contribution < 1.29 is 9.15 Å². The average molecular weight is 311 g/mol. The van der Waals surface area contributed by atoms with Crippen molar-refractivity contribution in [1.29, 1.82) is 0 Å². The molecule has 0 atom stereocenters. The van der Waals surface area contributed by atoms with Gasteiger partial charge in [-0.1, -0.05) is 23.7 Å². The summed E-state index contributed by atoms with van der Waals surface area (Å²) < 4.78 is 10.9. The third-order valence-electron chi connectivity index (χ3n) is 3.53. The molecule has 0 N–H and O–H groups in total. The molecule has 0 aliphatic heterocycles. The highest BCUT2D eigenvalue weighted by atomic mass is 35.5. The van der Waals surface area contributed by atoms with Crippen LogP contribution >= 0.6 is 11.6 Å². The minimum atomic E-state index is 0.312. The Hall–Kier alpha value is -2.59. The summed E-state index contributed by atoms with van der Waals surface area (Å²) in [6.45, 7) is 0. The number of aromatic nitrogens is 2. The molecule has 108 valence electrons. The molecule has 0 spiro atoms. The van der Waals surface area contributed by atoms with Gasteiger partial charge in [0.1, 0.15) is 16.8 Å². The standard InChI is InChI=1S/C17H11ClN2O2/c1-21-11-8-6-10(7-9-11)17-19-14-12-4-2-3-5-13(12)22-15(14)16(18)20-17/h2-9H,1H3. The van der Waals surface area contributed by atoms with Crippen molar-refractivity contribution in [3.63, 3.8) is 0 Å². The number of benzene rings is 2. The summed E-state index contributed by atoms with van der Waals surface area (Å²) in [5, 5.41) is 1.24. The lowest BCUT2D eigenvalue weighted by Crippen LogP contribution is -1.90. The molecular weight excluding hydrogens is 300 g/mol. The normalized spacial score (nSPS) is 11.2. The van der Waals surface area contributed by atoms with E-state index in [0.29, 0.717) is 16.6 Å². The number of para-hydroxylation sites is 1. The molecule has 0 fully saturated rings. The first kappa shape index (κ1) is 13.1. The van der Waals surface area contributed by atoms with E-state index < -0.39 is 0 Å². The molecule has 2 aromatic heterocycles. The van der Waals surface area contributed by atoms with Crippen LogP contribution < -0.4 is 4.74 Å². The second-order valence-corrected chi connectivity index (χ2v) is 5.20. The third kappa shape index (κ3) is 2.00. The molecule has 22 heavy (non-hydrogen) atoms. The molecule has 0 radical (unpaired) electrons. The van der Waals surface area contributed by atoms with E-state index in [1.165, 1.54) is 0 Å². The minimum Gasteiger partial charge on any atom is -0.497 e. The molecule has 0 saturated heterocycles. The van der Waals surface area contributed by atoms with Crippen LogP contribution in [0.1, 0.15) is 0 Å². The third-order valence-corrected chi connectivity index (χ3v) is 3.78. The Bertz CT molecular complexity index is 977. The van der Waals surface area contributed by atoms with Gasteiger partial charge in [0.15, 0.2) is 16.6 Å². The van der Waals surface area contributed by atoms with Gasteiger partial charge in [-0.25, -0.2) is 9.97 Å². The van der Waals surface area contributed by atoms with E-state index in [4.69, 9.17) is 20.8 Å². The first-order valence-electron chi connectivity index (χ1n) is 6.75. The summed E-state index contributed by atoms with van der Waals surface area (Å²) in [5.74, 6) is 1.34. The number of ether oxygens (including phenoxy) is 1. The van der Waals surface area contributed by atoms with Gasteiger partial charge >= 0.3 is 0 Å². The second kappa shape index (κ2) is 5.00. The average Bonchev–Trinajstić information content (AvgIpc) is 2.94. The lowest BCUT2D eigenvalue weighted by atomic mass is 10.2. The molecule has 4 nitrogen and oxygen atoms in total. The van der Waals surface area contributed by atoms with E-state index in [1.54, 1.807) is 7.11 Å². The molecule has 0 saturated carbocycles. The molecular formula is C17H11ClN2O2. The smallest absolute Gasteiger partial charge is 0.191 e. The zero-order valence-electron chi connectivity index (χ0n) is 11.7. The fourth-order valence-electron chi connectivity index (χ4n) is 2.43. The monoisotopic (exact) mass is 310 g/mol. The molecule has 5 heteroatoms. The first-order valence-corrected chi connectivity index (χ1v) is 7.13. The molecule has 4 aromatic rings. The van der Waals surface area contributed by atoms with Crippen molar-refractivity contribution in [2.24, 2.45) is 0 Å². The molecule has 0 aliphatic rings. The summed E-state index contributed by atoms with van der Waals surface area (Å²) in [5.41, 5.74) is 2.86. The Balaban J connectivity index is 1.96. The van der Waals surface area contributed by atoms with Crippen LogP contribution in [0.5, 0.6) is 5.75 Å². The van der Waals surface area contributed by atoms with E-state index >= 15 is 0 Å². The summed E-state index contributed by atoms with van der Waals surface area (Å²) >= 11 is 6.27. The molecule has 2 heterocycles. The predicted octanol–water partition coefficient (Wildman–Crippen LogP) is 4.71. The van der Waals surface area contributed by atoms with Crippen molar-refractivity contribution in [3.05, 3.63) is 53.7 Å². The fraction of sp³-hybridized carbons (Fsp3) is 0.0588. The zero-order valence-corrected chi connectivity index (χ0v) is 12.5. The van der Waals surface area contributed by atoms with Crippen LogP contribution in [-0.4, -0.2) is 17.1 Å². The summed E-state index contributed by atoms with van der Waals surface area (Å²) in [6.07, 6.45) is 0. The summed E-state index contributed by atoms with van der Waals surface area (Å²) in [7, 11) is 1.63. The van der Waals surface area contributed by atoms with E-state index in [1.807, 2.05) is 48.5 Å². The molecule has 0 unspecified atom stereocenters. The van der Waals surface area contributed by atoms with Gasteiger partial charge in [0.25, 0.3) is 0 Å². The van der Waals surface area contributed by atoms with Crippen molar-refractivity contribution in [2.45, 2.75) is 0 Å². The number of furan rings is 1. The van der Waals surface area contributed by atoms with Crippen LogP contribution in [0.4, 0.5) is 0 Å². The fourth-order valence-corrected chi connectivity index (χ4v) is 2.63. The molecule has 2 aromatic carbocycles. The Morgan fingerprint density at radius 3 is 2.55 bits per heavy atom. The van der Waals surface area contributed by atoms with Gasteiger partial charge in [-0.3, -0.25) is 0 Å². The number of halogens is 1. The SMILES string of the molecule is COc1ccc(-c2nc(Cl)c3oc4ccccc4c3n2)cc1. The van der Waals surface area contributed by atoms with Crippen molar-refractivity contribution in [1.82, 2.24) is 9.97 Å². The number of nitrogens with zero attached hydrogens (tertiary/aromatic N) is 2. The Morgan fingerprint density at radius 1 is 1.00 bits per heavy atom. The lowest BCUT2D eigenvalue weighted by molar-refractivity contribution is 0.415. The van der Waals surface area contributed by atoms with E-state index in [-0.39, 0.29) is 0 Å². The van der Waals surface area contributed by atoms with E-state index in [9.17, 15) is 0 Å². The molecule has 4 rings (SSSR count). The van der Waals surface area contributed by atoms with E-state index in [2.05, 4.69) is 9.97 Å². The van der Waals surface area contributed by atoms with Gasteiger partial charge in [0.05, 0.1) is 7.11 Å². The topological polar surface area (TPSA) is 48.2 Å². The quantitative estimate of drug-likeness (QED) is 0.503. The number of methoxy groups -OCH3 is 1. The number of rotatable bonds is 2. The number of hydrogen-bond donors (Lipinski definition) is 0. The highest BCUT2D eigenvalue weighted by molar-refractivity contribution is 6.34. The van der Waals surface area contributed by atoms with Gasteiger partial charge in [-0.2, -0.15) is 0 Å². The van der Waals surface area contributed by atoms with Crippen LogP contribution in [0.2, 0.25) is 5.15 Å². The van der Waals surface area contributed by atoms with Crippen LogP contribution in [-0.2, 0) is 0 Å². The highest BCUT2D eigenvalue weighted by Crippen LogP contribution is 2.32.